The Morgan fingerprint density at radius 1 is 1.07 bits per heavy atom. The zero-order chi connectivity index (χ0) is 19.1. The molecule has 4 nitrogen and oxygen atoms in total. The normalized spacial score (nSPS) is 14.6. The lowest BCUT2D eigenvalue weighted by molar-refractivity contribution is 0.177. The Balaban J connectivity index is 1.59. The minimum absolute atomic E-state index is 0.448. The first-order valence-corrected chi connectivity index (χ1v) is 9.59. The highest BCUT2D eigenvalue weighted by Gasteiger charge is 2.20. The molecule has 3 rings (SSSR count). The van der Waals surface area contributed by atoms with Crippen LogP contribution in [-0.4, -0.2) is 54.7 Å². The molecule has 1 saturated heterocycles. The molecule has 1 fully saturated rings. The van der Waals surface area contributed by atoms with Crippen molar-refractivity contribution in [2.45, 2.75) is 6.54 Å². The van der Waals surface area contributed by atoms with Crippen molar-refractivity contribution in [1.29, 1.82) is 0 Å². The topological polar surface area (TPSA) is 24.9 Å². The number of rotatable bonds is 7. The lowest BCUT2D eigenvalue weighted by atomic mass is 10.1. The van der Waals surface area contributed by atoms with E-state index in [2.05, 4.69) is 46.7 Å². The maximum Gasteiger partial charge on any atom is 0.161 e. The van der Waals surface area contributed by atoms with Crippen molar-refractivity contribution < 1.29 is 9.47 Å². The van der Waals surface area contributed by atoms with Gasteiger partial charge in [0, 0.05) is 38.3 Å². The molecule has 1 heterocycles. The van der Waals surface area contributed by atoms with Crippen molar-refractivity contribution in [2.24, 2.45) is 0 Å². The van der Waals surface area contributed by atoms with Gasteiger partial charge < -0.3 is 14.4 Å². The number of piperazine rings is 1. The molecule has 142 valence electrons. The van der Waals surface area contributed by atoms with E-state index in [1.54, 1.807) is 13.2 Å². The van der Waals surface area contributed by atoms with E-state index in [0.29, 0.717) is 18.1 Å². The Kier molecular flexibility index (Phi) is 6.85. The molecule has 0 aromatic heterocycles. The van der Waals surface area contributed by atoms with E-state index in [1.807, 2.05) is 18.2 Å². The molecule has 5 heteroatoms. The molecular weight excluding hydrogens is 356 g/mol. The third-order valence-electron chi connectivity index (χ3n) is 4.68. The quantitative estimate of drug-likeness (QED) is 0.536. The second kappa shape index (κ2) is 9.53. The van der Waals surface area contributed by atoms with Crippen LogP contribution in [0.2, 0.25) is 0 Å². The summed E-state index contributed by atoms with van der Waals surface area (Å²) in [5.74, 6) is 1.40. The van der Waals surface area contributed by atoms with E-state index in [1.165, 1.54) is 5.56 Å². The van der Waals surface area contributed by atoms with Crippen LogP contribution >= 0.6 is 12.2 Å². The molecule has 0 spiro atoms. The highest BCUT2D eigenvalue weighted by molar-refractivity contribution is 7.80. The van der Waals surface area contributed by atoms with Gasteiger partial charge in [-0.25, -0.2) is 0 Å². The summed E-state index contributed by atoms with van der Waals surface area (Å²) in [4.78, 5) is 5.61. The molecule has 2 aromatic carbocycles. The first-order chi connectivity index (χ1) is 13.2. The summed E-state index contributed by atoms with van der Waals surface area (Å²) in [5.41, 5.74) is 2.35. The van der Waals surface area contributed by atoms with Crippen molar-refractivity contribution in [3.63, 3.8) is 0 Å². The number of hydrogen-bond donors (Lipinski definition) is 0. The molecule has 2 aromatic rings. The molecule has 0 unspecified atom stereocenters. The van der Waals surface area contributed by atoms with Gasteiger partial charge in [-0.05, 0) is 23.8 Å². The van der Waals surface area contributed by atoms with Crippen LogP contribution < -0.4 is 9.47 Å². The van der Waals surface area contributed by atoms with E-state index < -0.39 is 0 Å². The van der Waals surface area contributed by atoms with Gasteiger partial charge in [0.25, 0.3) is 0 Å². The third kappa shape index (κ3) is 5.08. The van der Waals surface area contributed by atoms with Crippen LogP contribution in [0.3, 0.4) is 0 Å². The maximum absolute atomic E-state index is 5.74. The maximum atomic E-state index is 5.74. The summed E-state index contributed by atoms with van der Waals surface area (Å²) in [6.07, 6.45) is 1.72. The molecule has 1 aliphatic rings. The number of methoxy groups -OCH3 is 1. The van der Waals surface area contributed by atoms with E-state index in [-0.39, 0.29) is 0 Å². The minimum atomic E-state index is 0.448. The van der Waals surface area contributed by atoms with Crippen LogP contribution in [0.15, 0.2) is 61.2 Å². The summed E-state index contributed by atoms with van der Waals surface area (Å²) in [7, 11) is 1.64. The second-order valence-corrected chi connectivity index (χ2v) is 6.91. The highest BCUT2D eigenvalue weighted by atomic mass is 32.1. The van der Waals surface area contributed by atoms with Gasteiger partial charge in [0.05, 0.1) is 7.11 Å². The summed E-state index contributed by atoms with van der Waals surface area (Å²) in [5, 5.41) is 0. The predicted molar refractivity (Wildman–Crippen MR) is 114 cm³/mol. The molecule has 0 N–H and O–H groups in total. The first-order valence-electron chi connectivity index (χ1n) is 9.18. The minimum Gasteiger partial charge on any atom is -0.493 e. The van der Waals surface area contributed by atoms with E-state index >= 15 is 0 Å². The van der Waals surface area contributed by atoms with Gasteiger partial charge in [-0.2, -0.15) is 0 Å². The Bertz CT molecular complexity index is 771. The van der Waals surface area contributed by atoms with Crippen LogP contribution in [0.5, 0.6) is 11.5 Å². The van der Waals surface area contributed by atoms with Gasteiger partial charge in [-0.3, -0.25) is 4.90 Å². The van der Waals surface area contributed by atoms with Gasteiger partial charge in [-0.1, -0.05) is 55.2 Å². The van der Waals surface area contributed by atoms with Gasteiger partial charge in [0.15, 0.2) is 11.5 Å². The highest BCUT2D eigenvalue weighted by Crippen LogP contribution is 2.29. The molecule has 1 aliphatic heterocycles. The zero-order valence-electron chi connectivity index (χ0n) is 15.8. The monoisotopic (exact) mass is 382 g/mol. The largest absolute Gasteiger partial charge is 0.493 e. The fourth-order valence-corrected chi connectivity index (χ4v) is 3.51. The third-order valence-corrected chi connectivity index (χ3v) is 5.17. The SMILES string of the molecule is C=CCOc1ccc(C(=S)N2CCN(Cc3ccccc3)CC2)cc1OC. The van der Waals surface area contributed by atoms with Gasteiger partial charge in [0.2, 0.25) is 0 Å². The average Bonchev–Trinajstić information content (AvgIpc) is 2.73. The fourth-order valence-electron chi connectivity index (χ4n) is 3.20. The van der Waals surface area contributed by atoms with Crippen LogP contribution in [-0.2, 0) is 6.54 Å². The molecule has 0 saturated carbocycles. The van der Waals surface area contributed by atoms with Crippen molar-refractivity contribution in [3.8, 4) is 11.5 Å². The van der Waals surface area contributed by atoms with Crippen molar-refractivity contribution in [2.75, 3.05) is 39.9 Å². The molecule has 0 bridgehead atoms. The number of nitrogens with zero attached hydrogens (tertiary/aromatic N) is 2. The lowest BCUT2D eigenvalue weighted by Gasteiger charge is -2.36. The van der Waals surface area contributed by atoms with Gasteiger partial charge in [-0.15, -0.1) is 0 Å². The summed E-state index contributed by atoms with van der Waals surface area (Å²) >= 11 is 5.74. The Morgan fingerprint density at radius 2 is 1.81 bits per heavy atom. The van der Waals surface area contributed by atoms with Crippen molar-refractivity contribution in [3.05, 3.63) is 72.3 Å². The zero-order valence-corrected chi connectivity index (χ0v) is 16.6. The smallest absolute Gasteiger partial charge is 0.161 e. The van der Waals surface area contributed by atoms with Crippen LogP contribution in [0, 0.1) is 0 Å². The molecule has 27 heavy (non-hydrogen) atoms. The molecule has 0 atom stereocenters. The Hall–Kier alpha value is -2.37. The summed E-state index contributed by atoms with van der Waals surface area (Å²) in [6, 6.07) is 16.5. The number of ether oxygens (including phenoxy) is 2. The number of benzene rings is 2. The second-order valence-electron chi connectivity index (χ2n) is 6.52. The van der Waals surface area contributed by atoms with Crippen LogP contribution in [0.25, 0.3) is 0 Å². The van der Waals surface area contributed by atoms with E-state index in [4.69, 9.17) is 21.7 Å². The first kappa shape index (κ1) is 19.4. The lowest BCUT2D eigenvalue weighted by Crippen LogP contribution is -2.48. The van der Waals surface area contributed by atoms with Crippen LogP contribution in [0.1, 0.15) is 11.1 Å². The standard InChI is InChI=1S/C22H26N2O2S/c1-3-15-26-20-10-9-19(16-21(20)25-2)22(27)24-13-11-23(12-14-24)17-18-7-5-4-6-8-18/h3-10,16H,1,11-15,17H2,2H3. The van der Waals surface area contributed by atoms with Gasteiger partial charge in [0.1, 0.15) is 11.6 Å². The van der Waals surface area contributed by atoms with Crippen LogP contribution in [0.4, 0.5) is 0 Å². The Labute approximate surface area is 167 Å². The van der Waals surface area contributed by atoms with E-state index in [0.717, 1.165) is 43.3 Å². The molecular formula is C22H26N2O2S. The molecule has 0 amide bonds. The summed E-state index contributed by atoms with van der Waals surface area (Å²) in [6.45, 7) is 8.99. The van der Waals surface area contributed by atoms with Crippen molar-refractivity contribution in [1.82, 2.24) is 9.80 Å². The number of hydrogen-bond acceptors (Lipinski definition) is 4. The predicted octanol–water partition coefficient (Wildman–Crippen LogP) is 3.75. The molecule has 0 radical (unpaired) electrons. The Morgan fingerprint density at radius 3 is 2.48 bits per heavy atom. The van der Waals surface area contributed by atoms with E-state index in [9.17, 15) is 0 Å². The average molecular weight is 383 g/mol. The summed E-state index contributed by atoms with van der Waals surface area (Å²) < 4.78 is 11.1. The van der Waals surface area contributed by atoms with Gasteiger partial charge >= 0.3 is 0 Å². The van der Waals surface area contributed by atoms with Crippen molar-refractivity contribution >= 4 is 17.2 Å². The molecule has 0 aliphatic carbocycles. The number of thiocarbonyl (C=S) groups is 1. The fraction of sp³-hybridized carbons (Fsp3) is 0.318.